The molecule has 0 spiro atoms. The number of halogens is 1. The van der Waals surface area contributed by atoms with Gasteiger partial charge < -0.3 is 5.11 Å². The molecule has 0 unspecified atom stereocenters. The fourth-order valence-electron chi connectivity index (χ4n) is 3.71. The number of hydrogen-bond donors (Lipinski definition) is 1. The quantitative estimate of drug-likeness (QED) is 0.880. The maximum Gasteiger partial charge on any atom is 0.0662 e. The molecule has 1 aliphatic rings. The molecule has 0 saturated carbocycles. The molecule has 0 bridgehead atoms. The minimum atomic E-state index is 0.289. The van der Waals surface area contributed by atoms with Crippen LogP contribution in [0, 0.1) is 19.8 Å². The molecule has 2 heterocycles. The van der Waals surface area contributed by atoms with Crippen LogP contribution in [-0.2, 0) is 13.1 Å². The van der Waals surface area contributed by atoms with Crippen molar-refractivity contribution < 1.29 is 5.11 Å². The third kappa shape index (κ3) is 4.25. The number of nitrogens with zero attached hydrogens (tertiary/aromatic N) is 3. The summed E-state index contributed by atoms with van der Waals surface area (Å²) in [5, 5.41) is 15.0. The first-order valence-corrected chi connectivity index (χ1v) is 9.48. The van der Waals surface area contributed by atoms with Crippen molar-refractivity contribution in [3.05, 3.63) is 51.8 Å². The molecule has 1 saturated heterocycles. The lowest BCUT2D eigenvalue weighted by molar-refractivity contribution is 0.0768. The molecule has 1 N–H and O–H groups in total. The number of aryl methyl sites for hydroxylation is 1. The zero-order valence-electron chi connectivity index (χ0n) is 15.4. The van der Waals surface area contributed by atoms with E-state index in [9.17, 15) is 5.11 Å². The number of rotatable bonds is 5. The molecular weight excluding hydrogens is 334 g/mol. The second kappa shape index (κ2) is 7.90. The van der Waals surface area contributed by atoms with Crippen LogP contribution in [-0.4, -0.2) is 39.0 Å². The number of hydrogen-bond acceptors (Lipinski definition) is 3. The molecule has 0 radical (unpaired) electrons. The van der Waals surface area contributed by atoms with E-state index >= 15 is 0 Å². The van der Waals surface area contributed by atoms with Gasteiger partial charge in [0.05, 0.1) is 12.2 Å². The summed E-state index contributed by atoms with van der Waals surface area (Å²) in [7, 11) is 0. The van der Waals surface area contributed by atoms with Gasteiger partial charge in [0.1, 0.15) is 0 Å². The largest absolute Gasteiger partial charge is 0.396 e. The lowest BCUT2D eigenvalue weighted by Gasteiger charge is -2.37. The molecule has 1 aromatic carbocycles. The molecule has 3 rings (SSSR count). The van der Waals surface area contributed by atoms with Gasteiger partial charge in [-0.15, -0.1) is 0 Å². The van der Waals surface area contributed by atoms with E-state index in [4.69, 9.17) is 16.7 Å². The third-order valence-corrected chi connectivity index (χ3v) is 5.76. The fourth-order valence-corrected chi connectivity index (χ4v) is 3.84. The van der Waals surface area contributed by atoms with Crippen molar-refractivity contribution in [1.82, 2.24) is 14.7 Å². The fraction of sp³-hybridized carbons (Fsp3) is 0.550. The van der Waals surface area contributed by atoms with Gasteiger partial charge in [-0.1, -0.05) is 23.7 Å². The van der Waals surface area contributed by atoms with Gasteiger partial charge >= 0.3 is 0 Å². The van der Waals surface area contributed by atoms with Gasteiger partial charge in [-0.3, -0.25) is 9.58 Å². The smallest absolute Gasteiger partial charge is 0.0662 e. The van der Waals surface area contributed by atoms with E-state index < -0.39 is 0 Å². The van der Waals surface area contributed by atoms with E-state index in [1.807, 2.05) is 12.1 Å². The van der Waals surface area contributed by atoms with Crippen LogP contribution in [0.5, 0.6) is 0 Å². The summed E-state index contributed by atoms with van der Waals surface area (Å²) in [6.45, 7) is 9.48. The number of aromatic nitrogens is 2. The summed E-state index contributed by atoms with van der Waals surface area (Å²) in [6, 6.07) is 8.51. The highest BCUT2D eigenvalue weighted by Crippen LogP contribution is 2.25. The first-order chi connectivity index (χ1) is 12.0. The summed E-state index contributed by atoms with van der Waals surface area (Å²) in [5.41, 5.74) is 4.85. The Morgan fingerprint density at radius 3 is 2.56 bits per heavy atom. The molecule has 5 heteroatoms. The average Bonchev–Trinajstić information content (AvgIpc) is 2.86. The van der Waals surface area contributed by atoms with E-state index in [-0.39, 0.29) is 6.61 Å². The number of likely N-dealkylation sites (tertiary alicyclic amines) is 1. The highest BCUT2D eigenvalue weighted by atomic mass is 35.5. The van der Waals surface area contributed by atoms with E-state index in [1.54, 1.807) is 0 Å². The predicted molar refractivity (Wildman–Crippen MR) is 102 cm³/mol. The van der Waals surface area contributed by atoms with Crippen LogP contribution in [0.3, 0.4) is 0 Å². The van der Waals surface area contributed by atoms with E-state index in [1.165, 1.54) is 16.8 Å². The van der Waals surface area contributed by atoms with Crippen LogP contribution >= 0.6 is 11.6 Å². The summed E-state index contributed by atoms with van der Waals surface area (Å²) >= 11 is 5.98. The normalized spacial score (nSPS) is 21.6. The van der Waals surface area contributed by atoms with Crippen molar-refractivity contribution in [1.29, 1.82) is 0 Å². The minimum absolute atomic E-state index is 0.289. The first-order valence-electron chi connectivity index (χ1n) is 9.10. The zero-order chi connectivity index (χ0) is 18.0. The second-order valence-electron chi connectivity index (χ2n) is 7.34. The molecule has 4 nitrogen and oxygen atoms in total. The van der Waals surface area contributed by atoms with Crippen molar-refractivity contribution in [2.45, 2.75) is 52.7 Å². The van der Waals surface area contributed by atoms with Gasteiger partial charge in [0.25, 0.3) is 0 Å². The van der Waals surface area contributed by atoms with E-state index in [0.717, 1.165) is 43.2 Å². The van der Waals surface area contributed by atoms with E-state index in [2.05, 4.69) is 42.5 Å². The van der Waals surface area contributed by atoms with E-state index in [0.29, 0.717) is 12.0 Å². The van der Waals surface area contributed by atoms with Gasteiger partial charge in [0.15, 0.2) is 0 Å². The van der Waals surface area contributed by atoms with Gasteiger partial charge in [-0.05, 0) is 57.2 Å². The lowest BCUT2D eigenvalue weighted by Crippen LogP contribution is -2.42. The van der Waals surface area contributed by atoms with Crippen molar-refractivity contribution in [3.8, 4) is 0 Å². The summed E-state index contributed by atoms with van der Waals surface area (Å²) < 4.78 is 2.09. The van der Waals surface area contributed by atoms with Crippen LogP contribution in [0.15, 0.2) is 24.3 Å². The Bertz CT molecular complexity index is 710. The molecule has 0 amide bonds. The molecule has 2 atom stereocenters. The van der Waals surface area contributed by atoms with Gasteiger partial charge in [-0.25, -0.2) is 0 Å². The predicted octanol–water partition coefficient (Wildman–Crippen LogP) is 3.79. The van der Waals surface area contributed by atoms with Crippen LogP contribution in [0.25, 0.3) is 0 Å². The van der Waals surface area contributed by atoms with Crippen LogP contribution < -0.4 is 0 Å². The molecule has 1 aliphatic heterocycles. The monoisotopic (exact) mass is 361 g/mol. The Balaban J connectivity index is 1.76. The topological polar surface area (TPSA) is 41.3 Å². The number of aliphatic hydroxyl groups is 1. The maximum atomic E-state index is 9.51. The molecule has 2 aromatic rings. The van der Waals surface area contributed by atoms with Crippen molar-refractivity contribution in [3.63, 3.8) is 0 Å². The van der Waals surface area contributed by atoms with Crippen LogP contribution in [0.2, 0.25) is 5.02 Å². The van der Waals surface area contributed by atoms with Gasteiger partial charge in [0.2, 0.25) is 0 Å². The Labute approximate surface area is 155 Å². The standard InChI is InChI=1S/C20H28ClN3O/c1-14-4-5-18(13-25)10-23(14)12-20-15(2)22-24(16(20)3)11-17-6-8-19(21)9-7-17/h6-9,14,18,25H,4-5,10-13H2,1-3H3/t14-,18+/m0/s1. The third-order valence-electron chi connectivity index (χ3n) is 5.51. The lowest BCUT2D eigenvalue weighted by atomic mass is 9.93. The van der Waals surface area contributed by atoms with Crippen molar-refractivity contribution in [2.24, 2.45) is 5.92 Å². The maximum absolute atomic E-state index is 9.51. The SMILES string of the molecule is Cc1nn(Cc2ccc(Cl)cc2)c(C)c1CN1C[C@H](CO)CC[C@@H]1C. The highest BCUT2D eigenvalue weighted by molar-refractivity contribution is 6.30. The molecular formula is C20H28ClN3O. The summed E-state index contributed by atoms with van der Waals surface area (Å²) in [6.07, 6.45) is 2.28. The summed E-state index contributed by atoms with van der Waals surface area (Å²) in [5.74, 6) is 0.404. The van der Waals surface area contributed by atoms with Gasteiger partial charge in [-0.2, -0.15) is 5.10 Å². The molecule has 25 heavy (non-hydrogen) atoms. The molecule has 1 fully saturated rings. The van der Waals surface area contributed by atoms with Crippen LogP contribution in [0.1, 0.15) is 42.3 Å². The molecule has 1 aromatic heterocycles. The minimum Gasteiger partial charge on any atom is -0.396 e. The van der Waals surface area contributed by atoms with Gasteiger partial charge in [0, 0.05) is 42.0 Å². The number of aliphatic hydroxyl groups excluding tert-OH is 1. The summed E-state index contributed by atoms with van der Waals surface area (Å²) in [4.78, 5) is 2.49. The van der Waals surface area contributed by atoms with Crippen LogP contribution in [0.4, 0.5) is 0 Å². The average molecular weight is 362 g/mol. The highest BCUT2D eigenvalue weighted by Gasteiger charge is 2.26. The van der Waals surface area contributed by atoms with Crippen molar-refractivity contribution >= 4 is 11.6 Å². The molecule has 0 aliphatic carbocycles. The second-order valence-corrected chi connectivity index (χ2v) is 7.77. The number of benzene rings is 1. The Morgan fingerprint density at radius 2 is 1.88 bits per heavy atom. The first kappa shape index (κ1) is 18.4. The Morgan fingerprint density at radius 1 is 1.16 bits per heavy atom. The number of piperidine rings is 1. The zero-order valence-corrected chi connectivity index (χ0v) is 16.1. The Hall–Kier alpha value is -1.36. The Kier molecular flexibility index (Phi) is 5.82. The van der Waals surface area contributed by atoms with Crippen molar-refractivity contribution in [2.75, 3.05) is 13.2 Å². The molecule has 136 valence electrons.